The highest BCUT2D eigenvalue weighted by atomic mass is 35.5. The van der Waals surface area contributed by atoms with Crippen LogP contribution in [0.15, 0.2) is 18.2 Å². The van der Waals surface area contributed by atoms with Crippen molar-refractivity contribution in [3.8, 4) is 11.3 Å². The molecule has 0 aliphatic heterocycles. The van der Waals surface area contributed by atoms with Gasteiger partial charge in [-0.15, -0.1) is 0 Å². The molecular weight excluding hydrogens is 259 g/mol. The van der Waals surface area contributed by atoms with Gasteiger partial charge in [-0.05, 0) is 12.1 Å². The Kier molecular flexibility index (Phi) is 3.17. The molecule has 0 amide bonds. The van der Waals surface area contributed by atoms with E-state index in [2.05, 4.69) is 4.98 Å². The molecule has 2 aromatic rings. The topological polar surface area (TPSA) is 69.9 Å². The molecule has 4 nitrogen and oxygen atoms in total. The van der Waals surface area contributed by atoms with Gasteiger partial charge in [0, 0.05) is 12.0 Å². The van der Waals surface area contributed by atoms with Crippen molar-refractivity contribution in [3.63, 3.8) is 0 Å². The fourth-order valence-corrected chi connectivity index (χ4v) is 1.90. The van der Waals surface area contributed by atoms with Gasteiger partial charge in [0.15, 0.2) is 5.82 Å². The van der Waals surface area contributed by atoms with Gasteiger partial charge in [-0.1, -0.05) is 36.2 Å². The first-order valence-electron chi connectivity index (χ1n) is 5.12. The van der Waals surface area contributed by atoms with Crippen molar-refractivity contribution < 1.29 is 0 Å². The van der Waals surface area contributed by atoms with Crippen LogP contribution in [0.4, 0.5) is 5.82 Å². The molecule has 2 rings (SSSR count). The lowest BCUT2D eigenvalue weighted by Gasteiger charge is -2.02. The lowest BCUT2D eigenvalue weighted by molar-refractivity contribution is 0.865. The van der Waals surface area contributed by atoms with Gasteiger partial charge < -0.3 is 11.6 Å². The first kappa shape index (κ1) is 12.1. The number of hydrogen-bond acceptors (Lipinski definition) is 3. The van der Waals surface area contributed by atoms with Crippen molar-refractivity contribution in [1.82, 2.24) is 9.66 Å². The van der Waals surface area contributed by atoms with E-state index in [1.807, 2.05) is 13.0 Å². The molecule has 0 spiro atoms. The van der Waals surface area contributed by atoms with Crippen LogP contribution < -0.4 is 11.6 Å². The summed E-state index contributed by atoms with van der Waals surface area (Å²) in [6, 6.07) is 5.24. The van der Waals surface area contributed by atoms with Crippen molar-refractivity contribution in [1.29, 1.82) is 0 Å². The number of aryl methyl sites for hydroxylation is 1. The fraction of sp³-hybridized carbons (Fsp3) is 0.182. The SMILES string of the molecule is CCc1nc(-c2ccc(Cl)c(Cl)c2)c(N)n1N. The van der Waals surface area contributed by atoms with Crippen molar-refractivity contribution in [2.24, 2.45) is 0 Å². The average molecular weight is 271 g/mol. The third-order valence-electron chi connectivity index (χ3n) is 2.53. The zero-order valence-electron chi connectivity index (χ0n) is 9.24. The summed E-state index contributed by atoms with van der Waals surface area (Å²) in [5.74, 6) is 6.93. The van der Waals surface area contributed by atoms with Crippen molar-refractivity contribution >= 4 is 29.0 Å². The molecule has 0 aliphatic carbocycles. The Hall–Kier alpha value is -1.39. The van der Waals surface area contributed by atoms with Crippen LogP contribution in [-0.4, -0.2) is 9.66 Å². The van der Waals surface area contributed by atoms with E-state index < -0.39 is 0 Å². The number of benzene rings is 1. The quantitative estimate of drug-likeness (QED) is 0.825. The van der Waals surface area contributed by atoms with Crippen LogP contribution in [0.5, 0.6) is 0 Å². The van der Waals surface area contributed by atoms with Gasteiger partial charge in [-0.25, -0.2) is 9.66 Å². The zero-order chi connectivity index (χ0) is 12.6. The van der Waals surface area contributed by atoms with Crippen molar-refractivity contribution in [2.45, 2.75) is 13.3 Å². The fourth-order valence-electron chi connectivity index (χ4n) is 1.60. The van der Waals surface area contributed by atoms with Crippen LogP contribution in [0.2, 0.25) is 10.0 Å². The van der Waals surface area contributed by atoms with Crippen LogP contribution >= 0.6 is 23.2 Å². The summed E-state index contributed by atoms with van der Waals surface area (Å²) in [5.41, 5.74) is 7.33. The number of nitrogen functional groups attached to an aromatic ring is 2. The second-order valence-electron chi connectivity index (χ2n) is 3.61. The smallest absolute Gasteiger partial charge is 0.150 e. The number of rotatable bonds is 2. The highest BCUT2D eigenvalue weighted by Gasteiger charge is 2.14. The van der Waals surface area contributed by atoms with E-state index in [1.54, 1.807) is 12.1 Å². The Bertz CT molecular complexity index is 563. The number of nitrogens with zero attached hydrogens (tertiary/aromatic N) is 2. The molecule has 1 aromatic heterocycles. The van der Waals surface area contributed by atoms with Gasteiger partial charge in [-0.3, -0.25) is 0 Å². The molecule has 0 radical (unpaired) electrons. The third kappa shape index (κ3) is 2.06. The lowest BCUT2D eigenvalue weighted by atomic mass is 10.1. The van der Waals surface area contributed by atoms with Gasteiger partial charge in [0.1, 0.15) is 11.5 Å². The second kappa shape index (κ2) is 4.47. The molecule has 0 aliphatic rings. The summed E-state index contributed by atoms with van der Waals surface area (Å²) in [6.07, 6.45) is 0.710. The van der Waals surface area contributed by atoms with Gasteiger partial charge in [0.25, 0.3) is 0 Å². The Morgan fingerprint density at radius 3 is 2.53 bits per heavy atom. The van der Waals surface area contributed by atoms with E-state index in [9.17, 15) is 0 Å². The van der Waals surface area contributed by atoms with Gasteiger partial charge in [0.2, 0.25) is 0 Å². The molecule has 0 saturated carbocycles. The summed E-state index contributed by atoms with van der Waals surface area (Å²) in [4.78, 5) is 4.38. The summed E-state index contributed by atoms with van der Waals surface area (Å²) in [6.45, 7) is 1.96. The molecule has 0 atom stereocenters. The molecular formula is C11H12Cl2N4. The maximum Gasteiger partial charge on any atom is 0.150 e. The highest BCUT2D eigenvalue weighted by molar-refractivity contribution is 6.42. The second-order valence-corrected chi connectivity index (χ2v) is 4.43. The van der Waals surface area contributed by atoms with E-state index in [4.69, 9.17) is 34.8 Å². The summed E-state index contributed by atoms with van der Waals surface area (Å²) < 4.78 is 1.39. The first-order chi connectivity index (χ1) is 8.04. The van der Waals surface area contributed by atoms with E-state index in [0.29, 0.717) is 28.0 Å². The molecule has 17 heavy (non-hydrogen) atoms. The van der Waals surface area contributed by atoms with Crippen LogP contribution in [0, 0.1) is 0 Å². The normalized spacial score (nSPS) is 10.8. The van der Waals surface area contributed by atoms with E-state index in [0.717, 1.165) is 11.4 Å². The molecule has 0 unspecified atom stereocenters. The minimum atomic E-state index is 0.417. The van der Waals surface area contributed by atoms with Gasteiger partial charge in [-0.2, -0.15) is 0 Å². The minimum Gasteiger partial charge on any atom is -0.382 e. The number of nitrogens with two attached hydrogens (primary N) is 2. The summed E-state index contributed by atoms with van der Waals surface area (Å²) in [5, 5.41) is 0.963. The van der Waals surface area contributed by atoms with Crippen molar-refractivity contribution in [2.75, 3.05) is 11.6 Å². The maximum atomic E-state index is 5.96. The summed E-state index contributed by atoms with van der Waals surface area (Å²) >= 11 is 11.8. The third-order valence-corrected chi connectivity index (χ3v) is 3.27. The number of anilines is 1. The molecule has 0 saturated heterocycles. The number of aromatic nitrogens is 2. The van der Waals surface area contributed by atoms with Crippen LogP contribution in [-0.2, 0) is 6.42 Å². The predicted molar refractivity (Wildman–Crippen MR) is 71.6 cm³/mol. The molecule has 6 heteroatoms. The Morgan fingerprint density at radius 2 is 2.00 bits per heavy atom. The summed E-state index contributed by atoms with van der Waals surface area (Å²) in [7, 11) is 0. The molecule has 90 valence electrons. The monoisotopic (exact) mass is 270 g/mol. The minimum absolute atomic E-state index is 0.417. The zero-order valence-corrected chi connectivity index (χ0v) is 10.8. The molecule has 0 fully saturated rings. The Balaban J connectivity index is 2.56. The number of hydrogen-bond donors (Lipinski definition) is 2. The number of imidazole rings is 1. The van der Waals surface area contributed by atoms with E-state index in [1.165, 1.54) is 4.68 Å². The van der Waals surface area contributed by atoms with Gasteiger partial charge >= 0.3 is 0 Å². The average Bonchev–Trinajstić information content (AvgIpc) is 2.60. The molecule has 1 heterocycles. The highest BCUT2D eigenvalue weighted by Crippen LogP contribution is 2.30. The van der Waals surface area contributed by atoms with Crippen LogP contribution in [0.25, 0.3) is 11.3 Å². The van der Waals surface area contributed by atoms with Crippen molar-refractivity contribution in [3.05, 3.63) is 34.1 Å². The number of halogens is 2. The van der Waals surface area contributed by atoms with E-state index in [-0.39, 0.29) is 0 Å². The van der Waals surface area contributed by atoms with Crippen LogP contribution in [0.1, 0.15) is 12.7 Å². The standard InChI is InChI=1S/C11H12Cl2N4/c1-2-9-16-10(11(14)17(9)15)6-3-4-7(12)8(13)5-6/h3-5H,2,14-15H2,1H3. The van der Waals surface area contributed by atoms with Gasteiger partial charge in [0.05, 0.1) is 10.0 Å². The molecule has 0 bridgehead atoms. The maximum absolute atomic E-state index is 5.96. The molecule has 4 N–H and O–H groups in total. The Labute approximate surface area is 109 Å². The predicted octanol–water partition coefficient (Wildman–Crippen LogP) is 2.72. The lowest BCUT2D eigenvalue weighted by Crippen LogP contribution is -2.14. The first-order valence-corrected chi connectivity index (χ1v) is 5.87. The Morgan fingerprint density at radius 1 is 1.29 bits per heavy atom. The molecule has 1 aromatic carbocycles. The van der Waals surface area contributed by atoms with E-state index >= 15 is 0 Å². The largest absolute Gasteiger partial charge is 0.382 e. The van der Waals surface area contributed by atoms with Crippen LogP contribution in [0.3, 0.4) is 0 Å².